The van der Waals surface area contributed by atoms with E-state index in [1.807, 2.05) is 25.7 Å². The van der Waals surface area contributed by atoms with E-state index in [9.17, 15) is 14.4 Å². The molecule has 0 radical (unpaired) electrons. The Morgan fingerprint density at radius 2 is 0.956 bits per heavy atom. The van der Waals surface area contributed by atoms with Crippen LogP contribution in [-0.2, 0) is 28.6 Å². The monoisotopic (exact) mass is 637 g/mol. The summed E-state index contributed by atoms with van der Waals surface area (Å²) in [6.07, 6.45) is 22.8. The third kappa shape index (κ3) is 18.3. The molecule has 0 aromatic rings. The van der Waals surface area contributed by atoms with E-state index in [0.717, 1.165) is 58.3 Å². The van der Waals surface area contributed by atoms with Gasteiger partial charge in [0.25, 0.3) is 0 Å². The smallest absolute Gasteiger partial charge is 0.308 e. The van der Waals surface area contributed by atoms with E-state index in [1.165, 1.54) is 77.0 Å². The maximum atomic E-state index is 12.8. The van der Waals surface area contributed by atoms with Gasteiger partial charge in [0.2, 0.25) is 11.8 Å². The Morgan fingerprint density at radius 3 is 1.40 bits per heavy atom. The van der Waals surface area contributed by atoms with Crippen molar-refractivity contribution in [3.63, 3.8) is 0 Å². The first-order chi connectivity index (χ1) is 21.6. The molecule has 0 saturated carbocycles. The Balaban J connectivity index is 1.44. The number of carbonyl (C=O) groups is 3. The van der Waals surface area contributed by atoms with Gasteiger partial charge in [0.05, 0.1) is 39.3 Å². The van der Waals surface area contributed by atoms with Crippen molar-refractivity contribution in [1.82, 2.24) is 9.80 Å². The van der Waals surface area contributed by atoms with E-state index >= 15 is 0 Å². The highest BCUT2D eigenvalue weighted by atomic mass is 16.6. The highest BCUT2D eigenvalue weighted by molar-refractivity contribution is 5.77. The number of carbonyl (C=O) groups excluding carboxylic acids is 3. The Bertz CT molecular complexity index is 808. The van der Waals surface area contributed by atoms with Gasteiger partial charge in [-0.2, -0.15) is 0 Å². The molecule has 0 atom stereocenters. The van der Waals surface area contributed by atoms with Crippen LogP contribution in [0, 0.1) is 5.41 Å². The lowest BCUT2D eigenvalue weighted by Gasteiger charge is -2.47. The van der Waals surface area contributed by atoms with Crippen molar-refractivity contribution in [2.75, 3.05) is 52.6 Å². The van der Waals surface area contributed by atoms with Crippen LogP contribution < -0.4 is 0 Å². The van der Waals surface area contributed by atoms with Gasteiger partial charge in [-0.15, -0.1) is 0 Å². The van der Waals surface area contributed by atoms with Crippen LogP contribution in [0.5, 0.6) is 0 Å². The molecule has 0 N–H and O–H groups in total. The van der Waals surface area contributed by atoms with Crippen molar-refractivity contribution < 1.29 is 28.6 Å². The van der Waals surface area contributed by atoms with Gasteiger partial charge in [0.1, 0.15) is 5.60 Å². The van der Waals surface area contributed by atoms with Crippen molar-refractivity contribution in [2.24, 2.45) is 5.41 Å². The lowest BCUT2D eigenvalue weighted by atomic mass is 9.71. The highest BCUT2D eigenvalue weighted by Gasteiger charge is 2.39. The number of ether oxygens (including phenoxy) is 3. The highest BCUT2D eigenvalue weighted by Crippen LogP contribution is 2.41. The maximum Gasteiger partial charge on any atom is 0.308 e. The van der Waals surface area contributed by atoms with Crippen LogP contribution in [0.4, 0.5) is 0 Å². The van der Waals surface area contributed by atoms with Crippen molar-refractivity contribution in [1.29, 1.82) is 0 Å². The van der Waals surface area contributed by atoms with Crippen molar-refractivity contribution in [3.05, 3.63) is 0 Å². The number of amides is 2. The van der Waals surface area contributed by atoms with Gasteiger partial charge < -0.3 is 24.0 Å². The summed E-state index contributed by atoms with van der Waals surface area (Å²) in [5, 5.41) is 0. The van der Waals surface area contributed by atoms with E-state index in [2.05, 4.69) is 11.8 Å². The van der Waals surface area contributed by atoms with Gasteiger partial charge in [-0.05, 0) is 58.3 Å². The summed E-state index contributed by atoms with van der Waals surface area (Å²) in [5.74, 6) is 0.228. The molecule has 0 bridgehead atoms. The molecule has 2 rings (SSSR count). The largest absolute Gasteiger partial charge is 0.460 e. The number of esters is 1. The van der Waals surface area contributed by atoms with Crippen molar-refractivity contribution in [2.45, 2.75) is 162 Å². The van der Waals surface area contributed by atoms with E-state index < -0.39 is 5.60 Å². The summed E-state index contributed by atoms with van der Waals surface area (Å²) >= 11 is 0. The Labute approximate surface area is 275 Å². The fraction of sp³-hybridized carbons (Fsp3) is 0.919. The van der Waals surface area contributed by atoms with Crippen LogP contribution in [0.1, 0.15) is 156 Å². The quantitative estimate of drug-likeness (QED) is 0.0839. The molecular formula is C37H68N2O6. The third-order valence-electron chi connectivity index (χ3n) is 9.55. The molecule has 1 spiro atoms. The SMILES string of the molecule is CCCCCCCCCCCCCCCC(=O)N1CCC2(CC1)CCN(C(=O)CCOCCOCCC(=O)OC(C)(C)C)CC2. The Morgan fingerprint density at radius 1 is 0.556 bits per heavy atom. The fourth-order valence-corrected chi connectivity index (χ4v) is 6.60. The van der Waals surface area contributed by atoms with Crippen LogP contribution in [0.2, 0.25) is 0 Å². The summed E-state index contributed by atoms with van der Waals surface area (Å²) < 4.78 is 16.3. The molecule has 0 aromatic heterocycles. The molecule has 2 aliphatic rings. The molecular weight excluding hydrogens is 568 g/mol. The number of likely N-dealkylation sites (tertiary alicyclic amines) is 2. The van der Waals surface area contributed by atoms with E-state index in [1.54, 1.807) is 0 Å². The number of nitrogens with zero attached hydrogens (tertiary/aromatic N) is 2. The molecule has 262 valence electrons. The zero-order chi connectivity index (χ0) is 32.8. The van der Waals surface area contributed by atoms with Crippen LogP contribution in [0.3, 0.4) is 0 Å². The molecule has 2 aliphatic heterocycles. The maximum absolute atomic E-state index is 12.8. The molecule has 0 unspecified atom stereocenters. The third-order valence-corrected chi connectivity index (χ3v) is 9.55. The van der Waals surface area contributed by atoms with Gasteiger partial charge in [-0.25, -0.2) is 0 Å². The first-order valence-electron chi connectivity index (χ1n) is 18.6. The average molecular weight is 637 g/mol. The number of rotatable bonds is 23. The molecule has 0 aromatic carbocycles. The second-order valence-electron chi connectivity index (χ2n) is 14.6. The normalized spacial score (nSPS) is 16.7. The predicted molar refractivity (Wildman–Crippen MR) is 181 cm³/mol. The molecule has 8 heteroatoms. The molecule has 2 saturated heterocycles. The van der Waals surface area contributed by atoms with Gasteiger partial charge in [0, 0.05) is 32.6 Å². The number of piperidine rings is 2. The Hall–Kier alpha value is -1.67. The number of hydrogen-bond donors (Lipinski definition) is 0. The first-order valence-corrected chi connectivity index (χ1v) is 18.6. The van der Waals surface area contributed by atoms with Gasteiger partial charge >= 0.3 is 5.97 Å². The molecule has 2 fully saturated rings. The van der Waals surface area contributed by atoms with Crippen LogP contribution >= 0.6 is 0 Å². The van der Waals surface area contributed by atoms with E-state index in [-0.39, 0.29) is 23.7 Å². The molecule has 2 amide bonds. The van der Waals surface area contributed by atoms with Gasteiger partial charge in [0.15, 0.2) is 0 Å². The topological polar surface area (TPSA) is 85.4 Å². The summed E-state index contributed by atoms with van der Waals surface area (Å²) in [6, 6.07) is 0. The van der Waals surface area contributed by atoms with Crippen LogP contribution in [0.25, 0.3) is 0 Å². The summed E-state index contributed by atoms with van der Waals surface area (Å²) in [7, 11) is 0. The predicted octanol–water partition coefficient (Wildman–Crippen LogP) is 7.85. The zero-order valence-electron chi connectivity index (χ0n) is 29.6. The number of unbranched alkanes of at least 4 members (excludes halogenated alkanes) is 12. The summed E-state index contributed by atoms with van der Waals surface area (Å²) in [6.45, 7) is 12.6. The standard InChI is InChI=1S/C37H68N2O6/c1-5-6-7-8-9-10-11-12-13-14-15-16-17-18-33(40)38-25-21-37(22-26-38)23-27-39(28-24-37)34(41)19-29-43-31-32-44-30-20-35(42)45-36(2,3)4/h5-32H2,1-4H3. The first kappa shape index (κ1) is 39.5. The molecule has 45 heavy (non-hydrogen) atoms. The zero-order valence-corrected chi connectivity index (χ0v) is 29.6. The van der Waals surface area contributed by atoms with E-state index in [4.69, 9.17) is 14.2 Å². The van der Waals surface area contributed by atoms with Crippen molar-refractivity contribution in [3.8, 4) is 0 Å². The van der Waals surface area contributed by atoms with Crippen LogP contribution in [-0.4, -0.2) is 85.8 Å². The second-order valence-corrected chi connectivity index (χ2v) is 14.6. The minimum atomic E-state index is -0.481. The fourth-order valence-electron chi connectivity index (χ4n) is 6.60. The van der Waals surface area contributed by atoms with Crippen molar-refractivity contribution >= 4 is 17.8 Å². The minimum absolute atomic E-state index is 0.154. The summed E-state index contributed by atoms with van der Waals surface area (Å²) in [5.41, 5.74) is -0.193. The van der Waals surface area contributed by atoms with Gasteiger partial charge in [-0.3, -0.25) is 14.4 Å². The van der Waals surface area contributed by atoms with Crippen LogP contribution in [0.15, 0.2) is 0 Å². The summed E-state index contributed by atoms with van der Waals surface area (Å²) in [4.78, 5) is 41.3. The van der Waals surface area contributed by atoms with Gasteiger partial charge in [-0.1, -0.05) is 84.0 Å². The molecule has 0 aliphatic carbocycles. The molecule has 8 nitrogen and oxygen atoms in total. The van der Waals surface area contributed by atoms with E-state index in [0.29, 0.717) is 45.2 Å². The second kappa shape index (κ2) is 22.8. The average Bonchev–Trinajstić information content (AvgIpc) is 3.00. The molecule has 2 heterocycles. The number of hydrogen-bond acceptors (Lipinski definition) is 6. The lowest BCUT2D eigenvalue weighted by Crippen LogP contribution is -2.49. The Kier molecular flexibility index (Phi) is 20.0. The minimum Gasteiger partial charge on any atom is -0.460 e. The lowest BCUT2D eigenvalue weighted by molar-refractivity contribution is -0.156.